The van der Waals surface area contributed by atoms with Crippen molar-refractivity contribution in [3.05, 3.63) is 160 Å². The largest absolute Gasteiger partial charge is 0.310 e. The van der Waals surface area contributed by atoms with Crippen molar-refractivity contribution in [2.24, 2.45) is 0 Å². The Labute approximate surface area is 261 Å². The maximum absolute atomic E-state index is 6.14. The molecule has 42 heavy (non-hydrogen) atoms. The van der Waals surface area contributed by atoms with Crippen molar-refractivity contribution in [2.75, 3.05) is 4.90 Å². The zero-order valence-electron chi connectivity index (χ0n) is 23.5. The molecule has 0 N–H and O–H groups in total. The van der Waals surface area contributed by atoms with Crippen LogP contribution in [0.2, 0.25) is 5.02 Å². The van der Waals surface area contributed by atoms with Gasteiger partial charge in [0.05, 0.1) is 0 Å². The Morgan fingerprint density at radius 2 is 0.952 bits per heavy atom. The number of rotatable bonds is 5. The molecule has 0 saturated heterocycles. The Balaban J connectivity index is 1.32. The van der Waals surface area contributed by atoms with Gasteiger partial charge >= 0.3 is 0 Å². The first kappa shape index (κ1) is 26.8. The lowest BCUT2D eigenvalue weighted by molar-refractivity contribution is 0.660. The molecule has 0 aliphatic heterocycles. The van der Waals surface area contributed by atoms with Crippen molar-refractivity contribution in [2.45, 2.75) is 19.3 Å². The summed E-state index contributed by atoms with van der Waals surface area (Å²) in [7, 11) is 0. The van der Waals surface area contributed by atoms with Gasteiger partial charge in [0.2, 0.25) is 0 Å². The fourth-order valence-corrected chi connectivity index (χ4v) is 6.56. The lowest BCUT2D eigenvalue weighted by atomic mass is 9.82. The van der Waals surface area contributed by atoms with E-state index in [1.807, 2.05) is 12.1 Å². The van der Waals surface area contributed by atoms with Gasteiger partial charge in [-0.05, 0) is 105 Å². The predicted octanol–water partition coefficient (Wildman–Crippen LogP) is 12.2. The maximum Gasteiger partial charge on any atom is 0.0465 e. The zero-order valence-corrected chi connectivity index (χ0v) is 25.8. The van der Waals surface area contributed by atoms with Crippen LogP contribution in [-0.2, 0) is 5.41 Å². The van der Waals surface area contributed by atoms with E-state index in [1.54, 1.807) is 0 Å². The minimum Gasteiger partial charge on any atom is -0.310 e. The summed E-state index contributed by atoms with van der Waals surface area (Å²) in [6.07, 6.45) is 0. The second-order valence-corrected chi connectivity index (χ2v) is 12.7. The van der Waals surface area contributed by atoms with Gasteiger partial charge in [0.25, 0.3) is 0 Å². The van der Waals surface area contributed by atoms with Crippen LogP contribution in [0.25, 0.3) is 33.4 Å². The van der Waals surface area contributed by atoms with Gasteiger partial charge in [-0.25, -0.2) is 0 Å². The van der Waals surface area contributed by atoms with Crippen LogP contribution in [0, 0.1) is 0 Å². The van der Waals surface area contributed by atoms with Crippen LogP contribution >= 0.6 is 27.5 Å². The first-order valence-electron chi connectivity index (χ1n) is 14.1. The molecule has 0 saturated carbocycles. The molecule has 0 atom stereocenters. The van der Waals surface area contributed by atoms with Crippen molar-refractivity contribution in [3.63, 3.8) is 0 Å². The highest BCUT2D eigenvalue weighted by molar-refractivity contribution is 9.10. The van der Waals surface area contributed by atoms with Crippen LogP contribution in [0.4, 0.5) is 17.1 Å². The first-order chi connectivity index (χ1) is 20.4. The standard InChI is InChI=1S/C39H29BrClN/c1-39(2)37-6-4-3-5-35(37)36-24-23-34(25-38(36)39)42(32-19-11-28(12-20-32)26-7-15-30(40)16-8-26)33-21-13-29(14-22-33)27-9-17-31(41)18-10-27/h3-25H,1-2H3. The molecule has 204 valence electrons. The van der Waals surface area contributed by atoms with E-state index in [2.05, 4.69) is 162 Å². The lowest BCUT2D eigenvalue weighted by Crippen LogP contribution is -2.16. The molecule has 0 aromatic heterocycles. The zero-order chi connectivity index (χ0) is 28.8. The van der Waals surface area contributed by atoms with Crippen molar-refractivity contribution < 1.29 is 0 Å². The Kier molecular flexibility index (Phi) is 6.77. The summed E-state index contributed by atoms with van der Waals surface area (Å²) >= 11 is 9.69. The molecule has 1 aliphatic rings. The van der Waals surface area contributed by atoms with Crippen molar-refractivity contribution in [1.82, 2.24) is 0 Å². The molecule has 0 bridgehead atoms. The Morgan fingerprint density at radius 3 is 1.52 bits per heavy atom. The van der Waals surface area contributed by atoms with Gasteiger partial charge in [0, 0.05) is 32.0 Å². The molecule has 0 amide bonds. The Bertz CT molecular complexity index is 1800. The average molecular weight is 627 g/mol. The first-order valence-corrected chi connectivity index (χ1v) is 15.3. The summed E-state index contributed by atoms with van der Waals surface area (Å²) in [6.45, 7) is 4.67. The van der Waals surface area contributed by atoms with Crippen LogP contribution in [0.5, 0.6) is 0 Å². The van der Waals surface area contributed by atoms with E-state index in [0.29, 0.717) is 0 Å². The van der Waals surface area contributed by atoms with Crippen molar-refractivity contribution in [3.8, 4) is 33.4 Å². The van der Waals surface area contributed by atoms with Gasteiger partial charge in [0.15, 0.2) is 0 Å². The highest BCUT2D eigenvalue weighted by Crippen LogP contribution is 2.50. The maximum atomic E-state index is 6.14. The summed E-state index contributed by atoms with van der Waals surface area (Å²) in [5.41, 5.74) is 13.4. The van der Waals surface area contributed by atoms with Gasteiger partial charge in [-0.2, -0.15) is 0 Å². The second-order valence-electron chi connectivity index (χ2n) is 11.3. The van der Waals surface area contributed by atoms with Crippen LogP contribution in [-0.4, -0.2) is 0 Å². The van der Waals surface area contributed by atoms with E-state index in [9.17, 15) is 0 Å². The quantitative estimate of drug-likeness (QED) is 0.184. The van der Waals surface area contributed by atoms with E-state index in [4.69, 9.17) is 11.6 Å². The summed E-state index contributed by atoms with van der Waals surface area (Å²) < 4.78 is 1.08. The van der Waals surface area contributed by atoms with Gasteiger partial charge in [-0.3, -0.25) is 0 Å². The summed E-state index contributed by atoms with van der Waals surface area (Å²) in [5.74, 6) is 0. The number of halogens is 2. The highest BCUT2D eigenvalue weighted by Gasteiger charge is 2.35. The number of hydrogen-bond donors (Lipinski definition) is 0. The topological polar surface area (TPSA) is 3.24 Å². The summed E-state index contributed by atoms with van der Waals surface area (Å²) in [4.78, 5) is 2.36. The fourth-order valence-electron chi connectivity index (χ4n) is 6.17. The number of nitrogens with zero attached hydrogens (tertiary/aromatic N) is 1. The normalized spacial score (nSPS) is 13.0. The third kappa shape index (κ3) is 4.75. The second kappa shape index (κ2) is 10.6. The van der Waals surface area contributed by atoms with Crippen LogP contribution in [0.15, 0.2) is 144 Å². The highest BCUT2D eigenvalue weighted by atomic mass is 79.9. The summed E-state index contributed by atoms with van der Waals surface area (Å²) in [6, 6.07) is 49.9. The van der Waals surface area contributed by atoms with E-state index >= 15 is 0 Å². The third-order valence-electron chi connectivity index (χ3n) is 8.43. The van der Waals surface area contributed by atoms with Gasteiger partial charge in [0.1, 0.15) is 0 Å². The van der Waals surface area contributed by atoms with Gasteiger partial charge in [-0.15, -0.1) is 0 Å². The molecule has 0 radical (unpaired) electrons. The number of anilines is 3. The summed E-state index contributed by atoms with van der Waals surface area (Å²) in [5, 5.41) is 0.745. The molecule has 0 unspecified atom stereocenters. The lowest BCUT2D eigenvalue weighted by Gasteiger charge is -2.28. The number of benzene rings is 6. The molecular formula is C39H29BrClN. The molecule has 0 heterocycles. The molecule has 1 aliphatic carbocycles. The molecule has 0 fully saturated rings. The third-order valence-corrected chi connectivity index (χ3v) is 9.21. The van der Waals surface area contributed by atoms with Crippen LogP contribution in [0.3, 0.4) is 0 Å². The molecular weight excluding hydrogens is 598 g/mol. The minimum atomic E-state index is -0.0719. The van der Waals surface area contributed by atoms with Crippen molar-refractivity contribution in [1.29, 1.82) is 0 Å². The van der Waals surface area contributed by atoms with Crippen molar-refractivity contribution >= 4 is 44.6 Å². The van der Waals surface area contributed by atoms with E-state index in [1.165, 1.54) is 33.4 Å². The monoisotopic (exact) mass is 625 g/mol. The molecule has 6 aromatic rings. The van der Waals surface area contributed by atoms with Gasteiger partial charge < -0.3 is 4.90 Å². The molecule has 7 rings (SSSR count). The molecule has 6 aromatic carbocycles. The average Bonchev–Trinajstić information content (AvgIpc) is 3.25. The number of fused-ring (bicyclic) bond motifs is 3. The number of hydrogen-bond acceptors (Lipinski definition) is 1. The molecule has 1 nitrogen and oxygen atoms in total. The minimum absolute atomic E-state index is 0.0719. The smallest absolute Gasteiger partial charge is 0.0465 e. The molecule has 0 spiro atoms. The van der Waals surface area contributed by atoms with Gasteiger partial charge in [-0.1, -0.05) is 120 Å². The predicted molar refractivity (Wildman–Crippen MR) is 182 cm³/mol. The van der Waals surface area contributed by atoms with Crippen LogP contribution < -0.4 is 4.90 Å². The van der Waals surface area contributed by atoms with E-state index in [-0.39, 0.29) is 5.41 Å². The van der Waals surface area contributed by atoms with E-state index < -0.39 is 0 Å². The molecule has 3 heteroatoms. The van der Waals surface area contributed by atoms with Crippen LogP contribution in [0.1, 0.15) is 25.0 Å². The Morgan fingerprint density at radius 1 is 0.500 bits per heavy atom. The SMILES string of the molecule is CC1(C)c2ccccc2-c2ccc(N(c3ccc(-c4ccc(Cl)cc4)cc3)c3ccc(-c4ccc(Br)cc4)cc3)cc21. The van der Waals surface area contributed by atoms with E-state index in [0.717, 1.165) is 37.7 Å². The fraction of sp³-hybridized carbons (Fsp3) is 0.0769. The Hall–Kier alpha value is -4.11.